The summed E-state index contributed by atoms with van der Waals surface area (Å²) in [6, 6.07) is 10.4. The zero-order chi connectivity index (χ0) is 20.3. The highest BCUT2D eigenvalue weighted by Crippen LogP contribution is 2.33. The molecule has 0 bridgehead atoms. The Balaban J connectivity index is 1.86. The van der Waals surface area contributed by atoms with Gasteiger partial charge in [0.25, 0.3) is 5.91 Å². The topological polar surface area (TPSA) is 102 Å². The van der Waals surface area contributed by atoms with Crippen molar-refractivity contribution in [3.63, 3.8) is 0 Å². The normalized spacial score (nSPS) is 12.0. The number of aliphatic hydroxyl groups is 1. The van der Waals surface area contributed by atoms with Crippen molar-refractivity contribution in [1.82, 2.24) is 5.32 Å². The zero-order valence-electron chi connectivity index (χ0n) is 15.1. The molecule has 0 aliphatic rings. The van der Waals surface area contributed by atoms with Gasteiger partial charge in [0.1, 0.15) is 24.2 Å². The quantitative estimate of drug-likeness (QED) is 0.565. The molecule has 0 unspecified atom stereocenters. The van der Waals surface area contributed by atoms with E-state index in [1.807, 2.05) is 6.07 Å². The van der Waals surface area contributed by atoms with Gasteiger partial charge >= 0.3 is 0 Å². The highest BCUT2D eigenvalue weighted by molar-refractivity contribution is 7.19. The van der Waals surface area contributed by atoms with Gasteiger partial charge in [-0.2, -0.15) is 0 Å². The molecule has 3 rings (SSSR count). The Morgan fingerprint density at radius 2 is 2.04 bits per heavy atom. The first-order valence-corrected chi connectivity index (χ1v) is 9.32. The highest BCUT2D eigenvalue weighted by atomic mass is 32.1. The number of aryl methyl sites for hydroxylation is 1. The van der Waals surface area contributed by atoms with E-state index >= 15 is 0 Å². The van der Waals surface area contributed by atoms with E-state index in [2.05, 4.69) is 5.32 Å². The Hall–Kier alpha value is -2.97. The van der Waals surface area contributed by atoms with Crippen LogP contribution in [0.1, 0.15) is 20.8 Å². The number of rotatable bonds is 7. The van der Waals surface area contributed by atoms with Gasteiger partial charge in [-0.25, -0.2) is 4.39 Å². The lowest BCUT2D eigenvalue weighted by Crippen LogP contribution is -2.46. The summed E-state index contributed by atoms with van der Waals surface area (Å²) in [6.07, 6.45) is 0. The number of fused-ring (bicyclic) bond motifs is 1. The lowest BCUT2D eigenvalue weighted by molar-refractivity contribution is -0.120. The monoisotopic (exact) mass is 402 g/mol. The van der Waals surface area contributed by atoms with Crippen LogP contribution in [0.25, 0.3) is 10.1 Å². The third-order valence-electron chi connectivity index (χ3n) is 4.25. The van der Waals surface area contributed by atoms with E-state index in [9.17, 15) is 19.1 Å². The van der Waals surface area contributed by atoms with E-state index in [4.69, 9.17) is 10.5 Å². The number of ether oxygens (including phenoxy) is 1. The zero-order valence-corrected chi connectivity index (χ0v) is 15.9. The molecule has 0 spiro atoms. The van der Waals surface area contributed by atoms with Crippen LogP contribution in [-0.4, -0.2) is 29.6 Å². The summed E-state index contributed by atoms with van der Waals surface area (Å²) in [5.74, 6) is -1.19. The maximum Gasteiger partial charge on any atom is 0.253 e. The first-order chi connectivity index (χ1) is 13.4. The summed E-state index contributed by atoms with van der Waals surface area (Å²) < 4.78 is 20.3. The minimum atomic E-state index is -1.16. The van der Waals surface area contributed by atoms with Crippen molar-refractivity contribution < 1.29 is 23.8 Å². The van der Waals surface area contributed by atoms with Gasteiger partial charge in [0.05, 0.1) is 12.2 Å². The summed E-state index contributed by atoms with van der Waals surface area (Å²) in [5.41, 5.74) is 5.98. The molecule has 1 aromatic heterocycles. The van der Waals surface area contributed by atoms with Crippen LogP contribution in [-0.2, 0) is 11.4 Å². The number of amides is 2. The summed E-state index contributed by atoms with van der Waals surface area (Å²) in [7, 11) is 0. The van der Waals surface area contributed by atoms with Gasteiger partial charge in [0.15, 0.2) is 0 Å². The van der Waals surface area contributed by atoms with Crippen molar-refractivity contribution >= 4 is 33.2 Å². The molecule has 2 aromatic carbocycles. The number of halogens is 1. The molecule has 0 saturated carbocycles. The number of primary amides is 1. The molecule has 0 aliphatic carbocycles. The fraction of sp³-hybridized carbons (Fsp3) is 0.200. The maximum absolute atomic E-state index is 13.7. The molecule has 146 valence electrons. The first kappa shape index (κ1) is 19.8. The smallest absolute Gasteiger partial charge is 0.253 e. The van der Waals surface area contributed by atoms with Crippen molar-refractivity contribution in [2.75, 3.05) is 6.61 Å². The number of nitrogens with two attached hydrogens (primary N) is 1. The van der Waals surface area contributed by atoms with E-state index < -0.39 is 24.5 Å². The first-order valence-electron chi connectivity index (χ1n) is 8.51. The van der Waals surface area contributed by atoms with Crippen molar-refractivity contribution in [3.8, 4) is 5.75 Å². The number of aliphatic hydroxyl groups excluding tert-OH is 1. The van der Waals surface area contributed by atoms with Gasteiger partial charge in [0, 0.05) is 20.5 Å². The SMILES string of the molecule is Cc1sc2ccc(OCc3ccccc3F)cc2c1C(=O)N[C@@H](CO)C(N)=O. The van der Waals surface area contributed by atoms with Gasteiger partial charge in [-0.15, -0.1) is 11.3 Å². The molecule has 4 N–H and O–H groups in total. The van der Waals surface area contributed by atoms with Gasteiger partial charge in [-0.1, -0.05) is 18.2 Å². The molecule has 6 nitrogen and oxygen atoms in total. The number of hydrogen-bond acceptors (Lipinski definition) is 5. The molecule has 28 heavy (non-hydrogen) atoms. The van der Waals surface area contributed by atoms with Gasteiger partial charge in [0.2, 0.25) is 5.91 Å². The number of thiophene rings is 1. The lowest BCUT2D eigenvalue weighted by atomic mass is 10.1. The van der Waals surface area contributed by atoms with Crippen LogP contribution in [0.15, 0.2) is 42.5 Å². The molecular formula is C20H19FN2O4S. The van der Waals surface area contributed by atoms with Crippen LogP contribution in [0.3, 0.4) is 0 Å². The second-order valence-corrected chi connectivity index (χ2v) is 7.44. The van der Waals surface area contributed by atoms with Crippen molar-refractivity contribution in [3.05, 3.63) is 64.3 Å². The lowest BCUT2D eigenvalue weighted by Gasteiger charge is -2.13. The minimum Gasteiger partial charge on any atom is -0.489 e. The predicted octanol–water partition coefficient (Wildman–Crippen LogP) is 2.50. The molecule has 8 heteroatoms. The van der Waals surface area contributed by atoms with E-state index in [1.54, 1.807) is 37.3 Å². The largest absolute Gasteiger partial charge is 0.489 e. The van der Waals surface area contributed by atoms with E-state index in [0.717, 1.165) is 9.58 Å². The Kier molecular flexibility index (Phi) is 5.91. The maximum atomic E-state index is 13.7. The fourth-order valence-corrected chi connectivity index (χ4v) is 3.83. The number of carbonyl (C=O) groups excluding carboxylic acids is 2. The average Bonchev–Trinajstić information content (AvgIpc) is 3.00. The van der Waals surface area contributed by atoms with Crippen molar-refractivity contribution in [1.29, 1.82) is 0 Å². The Morgan fingerprint density at radius 1 is 1.29 bits per heavy atom. The number of nitrogens with one attached hydrogen (secondary N) is 1. The standard InChI is InChI=1S/C20H19FN2O4S/c1-11-18(20(26)23-16(9-24)19(22)25)14-8-13(6-7-17(14)28-11)27-10-12-4-2-3-5-15(12)21/h2-8,16,24H,9-10H2,1H3,(H2,22,25)(H,23,26)/t16-/m0/s1. The number of hydrogen-bond donors (Lipinski definition) is 3. The third kappa shape index (κ3) is 4.13. The summed E-state index contributed by atoms with van der Waals surface area (Å²) in [5, 5.41) is 12.3. The molecular weight excluding hydrogens is 383 g/mol. The molecule has 2 amide bonds. The second kappa shape index (κ2) is 8.37. The number of carbonyl (C=O) groups is 2. The average molecular weight is 402 g/mol. The van der Waals surface area contributed by atoms with E-state index in [1.165, 1.54) is 17.4 Å². The van der Waals surface area contributed by atoms with Crippen LogP contribution in [0.4, 0.5) is 4.39 Å². The van der Waals surface area contributed by atoms with Crippen LogP contribution in [0.2, 0.25) is 0 Å². The van der Waals surface area contributed by atoms with Crippen LogP contribution >= 0.6 is 11.3 Å². The summed E-state index contributed by atoms with van der Waals surface area (Å²) in [6.45, 7) is 1.26. The molecule has 1 heterocycles. The van der Waals surface area contributed by atoms with Crippen molar-refractivity contribution in [2.24, 2.45) is 5.73 Å². The summed E-state index contributed by atoms with van der Waals surface area (Å²) in [4.78, 5) is 24.7. The minimum absolute atomic E-state index is 0.0527. The Labute approximate surface area is 164 Å². The van der Waals surface area contributed by atoms with Gasteiger partial charge in [-0.3, -0.25) is 9.59 Å². The number of benzene rings is 2. The third-order valence-corrected chi connectivity index (χ3v) is 5.33. The van der Waals surface area contributed by atoms with Crippen molar-refractivity contribution in [2.45, 2.75) is 19.6 Å². The Morgan fingerprint density at radius 3 is 2.71 bits per heavy atom. The fourth-order valence-electron chi connectivity index (χ4n) is 2.78. The van der Waals surface area contributed by atoms with E-state index in [-0.39, 0.29) is 12.4 Å². The van der Waals surface area contributed by atoms with Gasteiger partial charge < -0.3 is 20.9 Å². The van der Waals surface area contributed by atoms with Crippen LogP contribution in [0.5, 0.6) is 5.75 Å². The van der Waals surface area contributed by atoms with E-state index in [0.29, 0.717) is 22.3 Å². The molecule has 1 atom stereocenters. The second-order valence-electron chi connectivity index (χ2n) is 6.18. The molecule has 0 aliphatic heterocycles. The summed E-state index contributed by atoms with van der Waals surface area (Å²) >= 11 is 1.42. The molecule has 0 saturated heterocycles. The Bertz CT molecular complexity index is 1030. The molecule has 3 aromatic rings. The molecule has 0 radical (unpaired) electrons. The van der Waals surface area contributed by atoms with Crippen LogP contribution in [0, 0.1) is 12.7 Å². The molecule has 0 fully saturated rings. The van der Waals surface area contributed by atoms with Crippen LogP contribution < -0.4 is 15.8 Å². The highest BCUT2D eigenvalue weighted by Gasteiger charge is 2.22. The predicted molar refractivity (Wildman–Crippen MR) is 105 cm³/mol. The van der Waals surface area contributed by atoms with Gasteiger partial charge in [-0.05, 0) is 31.2 Å².